The van der Waals surface area contributed by atoms with Gasteiger partial charge >= 0.3 is 6.18 Å². The Labute approximate surface area is 158 Å². The predicted molar refractivity (Wildman–Crippen MR) is 105 cm³/mol. The fraction of sp³-hybridized carbons (Fsp3) is 0.0870. The van der Waals surface area contributed by atoms with E-state index in [0.29, 0.717) is 11.3 Å². The highest BCUT2D eigenvalue weighted by atomic mass is 19.4. The van der Waals surface area contributed by atoms with Crippen molar-refractivity contribution in [1.82, 2.24) is 9.38 Å². The lowest BCUT2D eigenvalue weighted by Gasteiger charge is -2.11. The van der Waals surface area contributed by atoms with Crippen molar-refractivity contribution in [2.45, 2.75) is 13.1 Å². The van der Waals surface area contributed by atoms with Gasteiger partial charge in [0.1, 0.15) is 0 Å². The summed E-state index contributed by atoms with van der Waals surface area (Å²) in [7, 11) is 0. The van der Waals surface area contributed by atoms with E-state index in [4.69, 9.17) is 4.98 Å². The van der Waals surface area contributed by atoms with Gasteiger partial charge in [-0.25, -0.2) is 4.98 Å². The summed E-state index contributed by atoms with van der Waals surface area (Å²) in [6, 6.07) is 21.1. The number of hydrogen-bond donors (Lipinski definition) is 0. The maximum Gasteiger partial charge on any atom is 0.416 e. The Morgan fingerprint density at radius 3 is 2.14 bits per heavy atom. The molecule has 0 amide bonds. The van der Waals surface area contributed by atoms with Crippen molar-refractivity contribution < 1.29 is 13.2 Å². The van der Waals surface area contributed by atoms with Crippen LogP contribution >= 0.6 is 0 Å². The molecule has 0 spiro atoms. The highest BCUT2D eigenvalue weighted by Crippen LogP contribution is 2.36. The van der Waals surface area contributed by atoms with Gasteiger partial charge < -0.3 is 4.40 Å². The van der Waals surface area contributed by atoms with Gasteiger partial charge in [0.15, 0.2) is 0 Å². The third-order valence-corrected chi connectivity index (χ3v) is 5.19. The average Bonchev–Trinajstić information content (AvgIpc) is 3.00. The smallest absolute Gasteiger partial charge is 0.305 e. The fourth-order valence-corrected chi connectivity index (χ4v) is 3.87. The molecular weight excluding hydrogens is 361 g/mol. The molecule has 5 aromatic rings. The second-order valence-electron chi connectivity index (χ2n) is 6.85. The predicted octanol–water partition coefficient (Wildman–Crippen LogP) is 6.63. The second kappa shape index (κ2) is 5.83. The molecule has 2 nitrogen and oxygen atoms in total. The first-order valence-electron chi connectivity index (χ1n) is 8.91. The molecule has 0 bridgehead atoms. The third kappa shape index (κ3) is 2.39. The van der Waals surface area contributed by atoms with Crippen LogP contribution in [0.3, 0.4) is 0 Å². The van der Waals surface area contributed by atoms with E-state index < -0.39 is 11.7 Å². The second-order valence-corrected chi connectivity index (χ2v) is 6.85. The number of hydrogen-bond acceptors (Lipinski definition) is 1. The van der Waals surface area contributed by atoms with Gasteiger partial charge in [0.25, 0.3) is 0 Å². The Morgan fingerprint density at radius 1 is 0.786 bits per heavy atom. The van der Waals surface area contributed by atoms with Crippen molar-refractivity contribution in [3.05, 3.63) is 83.9 Å². The summed E-state index contributed by atoms with van der Waals surface area (Å²) in [6.45, 7) is 2.03. The molecule has 138 valence electrons. The number of alkyl halides is 3. The van der Waals surface area contributed by atoms with Gasteiger partial charge in [-0.05, 0) is 42.8 Å². The molecule has 0 N–H and O–H groups in total. The van der Waals surface area contributed by atoms with Crippen LogP contribution in [-0.4, -0.2) is 9.38 Å². The average molecular weight is 376 g/mol. The molecular formula is C23H15F3N2. The van der Waals surface area contributed by atoms with Crippen LogP contribution in [0.1, 0.15) is 11.1 Å². The van der Waals surface area contributed by atoms with Crippen molar-refractivity contribution in [3.63, 3.8) is 0 Å². The first-order valence-corrected chi connectivity index (χ1v) is 8.91. The number of nitrogens with zero attached hydrogens (tertiary/aromatic N) is 2. The molecule has 0 fully saturated rings. The van der Waals surface area contributed by atoms with E-state index in [2.05, 4.69) is 16.5 Å². The molecule has 5 rings (SSSR count). The summed E-state index contributed by atoms with van der Waals surface area (Å²) in [5, 5.41) is 1.11. The van der Waals surface area contributed by atoms with Crippen LogP contribution < -0.4 is 0 Å². The monoisotopic (exact) mass is 376 g/mol. The SMILES string of the molecule is Cc1c2ccccc2n2c1c(-c1ccc(C(F)(F)F)cc1)nc1ccccc12. The molecule has 0 saturated carbocycles. The zero-order valence-corrected chi connectivity index (χ0v) is 15.0. The largest absolute Gasteiger partial charge is 0.416 e. The van der Waals surface area contributed by atoms with Crippen LogP contribution in [0.2, 0.25) is 0 Å². The van der Waals surface area contributed by atoms with Gasteiger partial charge in [-0.15, -0.1) is 0 Å². The van der Waals surface area contributed by atoms with E-state index >= 15 is 0 Å². The van der Waals surface area contributed by atoms with Gasteiger partial charge in [-0.2, -0.15) is 13.2 Å². The van der Waals surface area contributed by atoms with Crippen LogP contribution in [0.15, 0.2) is 72.8 Å². The molecule has 5 heteroatoms. The molecule has 0 unspecified atom stereocenters. The summed E-state index contributed by atoms with van der Waals surface area (Å²) in [5.74, 6) is 0. The third-order valence-electron chi connectivity index (χ3n) is 5.19. The molecule has 3 aromatic carbocycles. The van der Waals surface area contributed by atoms with Crippen molar-refractivity contribution in [3.8, 4) is 11.3 Å². The molecule has 0 aliphatic rings. The minimum atomic E-state index is -4.36. The maximum absolute atomic E-state index is 13.0. The van der Waals surface area contributed by atoms with Crippen LogP contribution in [0.4, 0.5) is 13.2 Å². The summed E-state index contributed by atoms with van der Waals surface area (Å²) in [5.41, 5.74) is 5.48. The summed E-state index contributed by atoms with van der Waals surface area (Å²) in [6.07, 6.45) is -4.36. The number of rotatable bonds is 1. The normalized spacial score (nSPS) is 12.3. The Morgan fingerprint density at radius 2 is 1.43 bits per heavy atom. The van der Waals surface area contributed by atoms with E-state index in [1.165, 1.54) is 12.1 Å². The van der Waals surface area contributed by atoms with Gasteiger partial charge in [-0.1, -0.05) is 42.5 Å². The van der Waals surface area contributed by atoms with Crippen molar-refractivity contribution in [2.75, 3.05) is 0 Å². The lowest BCUT2D eigenvalue weighted by Crippen LogP contribution is -2.04. The van der Waals surface area contributed by atoms with Crippen LogP contribution in [-0.2, 0) is 6.18 Å². The van der Waals surface area contributed by atoms with Crippen molar-refractivity contribution in [2.24, 2.45) is 0 Å². The van der Waals surface area contributed by atoms with Crippen molar-refractivity contribution >= 4 is 27.5 Å². The molecule has 2 aromatic heterocycles. The number of para-hydroxylation sites is 3. The Bertz CT molecular complexity index is 1350. The number of halogens is 3. The number of aromatic nitrogens is 2. The first kappa shape index (κ1) is 16.8. The molecule has 0 saturated heterocycles. The molecule has 0 radical (unpaired) electrons. The Balaban J connectivity index is 1.91. The lowest BCUT2D eigenvalue weighted by atomic mass is 10.1. The molecule has 2 heterocycles. The lowest BCUT2D eigenvalue weighted by molar-refractivity contribution is -0.137. The Kier molecular flexibility index (Phi) is 3.50. The number of benzene rings is 3. The summed E-state index contributed by atoms with van der Waals surface area (Å²) < 4.78 is 41.1. The number of fused-ring (bicyclic) bond motifs is 5. The molecule has 0 aliphatic heterocycles. The van der Waals surface area contributed by atoms with E-state index in [9.17, 15) is 13.2 Å². The fourth-order valence-electron chi connectivity index (χ4n) is 3.87. The van der Waals surface area contributed by atoms with Crippen LogP contribution in [0.5, 0.6) is 0 Å². The van der Waals surface area contributed by atoms with Gasteiger partial charge in [0, 0.05) is 10.9 Å². The van der Waals surface area contributed by atoms with Crippen LogP contribution in [0, 0.1) is 6.92 Å². The first-order chi connectivity index (χ1) is 13.4. The van der Waals surface area contributed by atoms with E-state index in [0.717, 1.165) is 45.1 Å². The minimum absolute atomic E-state index is 0.662. The van der Waals surface area contributed by atoms with E-state index in [1.807, 2.05) is 43.3 Å². The Hall–Kier alpha value is -3.34. The molecule has 0 aliphatic carbocycles. The highest BCUT2D eigenvalue weighted by Gasteiger charge is 2.30. The highest BCUT2D eigenvalue weighted by molar-refractivity contribution is 6.01. The quantitative estimate of drug-likeness (QED) is 0.321. The summed E-state index contributed by atoms with van der Waals surface area (Å²) in [4.78, 5) is 4.82. The van der Waals surface area contributed by atoms with E-state index in [-0.39, 0.29) is 0 Å². The molecule has 0 atom stereocenters. The van der Waals surface area contributed by atoms with Gasteiger partial charge in [0.05, 0.1) is 33.3 Å². The summed E-state index contributed by atoms with van der Waals surface area (Å²) >= 11 is 0. The number of aryl methyl sites for hydroxylation is 1. The molecule has 28 heavy (non-hydrogen) atoms. The van der Waals surface area contributed by atoms with Crippen molar-refractivity contribution in [1.29, 1.82) is 0 Å². The topological polar surface area (TPSA) is 17.3 Å². The standard InChI is InChI=1S/C23H15F3N2/c1-14-17-6-2-4-8-19(17)28-20-9-5-3-7-18(20)27-21(22(14)28)15-10-12-16(13-11-15)23(24,25)26/h2-13H,1H3. The minimum Gasteiger partial charge on any atom is -0.305 e. The van der Waals surface area contributed by atoms with Crippen LogP contribution in [0.25, 0.3) is 38.7 Å². The van der Waals surface area contributed by atoms with E-state index in [1.54, 1.807) is 0 Å². The zero-order valence-electron chi connectivity index (χ0n) is 15.0. The van der Waals surface area contributed by atoms with Gasteiger partial charge in [-0.3, -0.25) is 0 Å². The zero-order chi connectivity index (χ0) is 19.5. The maximum atomic E-state index is 13.0. The van der Waals surface area contributed by atoms with Gasteiger partial charge in [0.2, 0.25) is 0 Å².